The Morgan fingerprint density at radius 1 is 1.29 bits per heavy atom. The quantitative estimate of drug-likeness (QED) is 0.613. The lowest BCUT2D eigenvalue weighted by Crippen LogP contribution is -2.23. The smallest absolute Gasteiger partial charge is 0.307 e. The van der Waals surface area contributed by atoms with Gasteiger partial charge in [0.25, 0.3) is 0 Å². The molecule has 1 rings (SSSR count). The van der Waals surface area contributed by atoms with Crippen LogP contribution in [0.25, 0.3) is 0 Å². The largest absolute Gasteiger partial charge is 0.460 e. The summed E-state index contributed by atoms with van der Waals surface area (Å²) in [5.41, 5.74) is -0.390. The molecule has 0 N–H and O–H groups in total. The van der Waals surface area contributed by atoms with E-state index in [0.29, 0.717) is 6.42 Å². The first-order chi connectivity index (χ1) is 7.87. The number of hydrogen-bond acceptors (Lipinski definition) is 3. The number of benzene rings is 1. The summed E-state index contributed by atoms with van der Waals surface area (Å²) in [5.74, 6) is 0.610. The molecular weight excluding hydrogens is 300 g/mol. The third-order valence-corrected chi connectivity index (χ3v) is 3.35. The van der Waals surface area contributed by atoms with E-state index >= 15 is 0 Å². The molecule has 0 radical (unpaired) electrons. The lowest BCUT2D eigenvalue weighted by atomic mass is 10.2. The van der Waals surface area contributed by atoms with Crippen LogP contribution < -0.4 is 0 Å². The van der Waals surface area contributed by atoms with E-state index in [2.05, 4.69) is 15.9 Å². The molecule has 4 heteroatoms. The van der Waals surface area contributed by atoms with Crippen molar-refractivity contribution < 1.29 is 9.53 Å². The Bertz CT molecular complexity index is 368. The van der Waals surface area contributed by atoms with Gasteiger partial charge in [-0.15, -0.1) is 11.8 Å². The van der Waals surface area contributed by atoms with Crippen LogP contribution in [0.5, 0.6) is 0 Å². The van der Waals surface area contributed by atoms with E-state index in [9.17, 15) is 4.79 Å². The Hall–Kier alpha value is -0.480. The average molecular weight is 317 g/mol. The summed E-state index contributed by atoms with van der Waals surface area (Å²) in [5, 5.41) is 0. The van der Waals surface area contributed by atoms with Crippen molar-refractivity contribution in [1.82, 2.24) is 0 Å². The number of carbonyl (C=O) groups is 1. The Morgan fingerprint density at radius 2 is 1.88 bits per heavy atom. The number of carbonyl (C=O) groups excluding carboxylic acids is 1. The molecule has 94 valence electrons. The molecule has 0 amide bonds. The highest BCUT2D eigenvalue weighted by Crippen LogP contribution is 2.21. The molecule has 0 fully saturated rings. The van der Waals surface area contributed by atoms with E-state index in [0.717, 1.165) is 15.1 Å². The zero-order valence-corrected chi connectivity index (χ0v) is 12.7. The first-order valence-electron chi connectivity index (χ1n) is 5.47. The van der Waals surface area contributed by atoms with Crippen molar-refractivity contribution in [1.29, 1.82) is 0 Å². The minimum absolute atomic E-state index is 0.137. The molecule has 0 spiro atoms. The van der Waals surface area contributed by atoms with Gasteiger partial charge in [-0.3, -0.25) is 4.79 Å². The van der Waals surface area contributed by atoms with Crippen molar-refractivity contribution in [2.24, 2.45) is 0 Å². The maximum Gasteiger partial charge on any atom is 0.307 e. The molecular formula is C13H17BrO2S. The second kappa shape index (κ2) is 6.45. The van der Waals surface area contributed by atoms with Gasteiger partial charge in [0, 0.05) is 15.1 Å². The number of hydrogen-bond donors (Lipinski definition) is 0. The van der Waals surface area contributed by atoms with Gasteiger partial charge in [-0.1, -0.05) is 15.9 Å². The molecule has 0 aliphatic rings. The minimum Gasteiger partial charge on any atom is -0.460 e. The fraction of sp³-hybridized carbons (Fsp3) is 0.462. The topological polar surface area (TPSA) is 26.3 Å². The average Bonchev–Trinajstić information content (AvgIpc) is 2.18. The third-order valence-electron chi connectivity index (χ3n) is 1.81. The van der Waals surface area contributed by atoms with Crippen LogP contribution >= 0.6 is 27.7 Å². The van der Waals surface area contributed by atoms with Crippen molar-refractivity contribution in [3.8, 4) is 0 Å². The summed E-state index contributed by atoms with van der Waals surface area (Å²) < 4.78 is 6.30. The van der Waals surface area contributed by atoms with Crippen LogP contribution in [0.1, 0.15) is 27.2 Å². The second-order valence-electron chi connectivity index (χ2n) is 4.64. The Balaban J connectivity index is 2.28. The maximum absolute atomic E-state index is 11.5. The molecule has 0 aliphatic heterocycles. The summed E-state index contributed by atoms with van der Waals surface area (Å²) in [6.45, 7) is 5.65. The first kappa shape index (κ1) is 14.6. The highest BCUT2D eigenvalue weighted by Gasteiger charge is 2.15. The van der Waals surface area contributed by atoms with E-state index < -0.39 is 0 Å². The Labute approximate surface area is 115 Å². The molecule has 0 saturated carbocycles. The summed E-state index contributed by atoms with van der Waals surface area (Å²) >= 11 is 5.05. The van der Waals surface area contributed by atoms with Gasteiger partial charge in [0.15, 0.2) is 0 Å². The standard InChI is InChI=1S/C13H17BrO2S/c1-13(2,3)16-12(15)8-9-17-11-6-4-10(14)5-7-11/h4-7H,8-9H2,1-3H3. The lowest BCUT2D eigenvalue weighted by Gasteiger charge is -2.19. The molecule has 0 unspecified atom stereocenters. The molecule has 1 aromatic carbocycles. The summed E-state index contributed by atoms with van der Waals surface area (Å²) in [4.78, 5) is 12.6. The summed E-state index contributed by atoms with van der Waals surface area (Å²) in [7, 11) is 0. The van der Waals surface area contributed by atoms with Gasteiger partial charge in [-0.2, -0.15) is 0 Å². The summed E-state index contributed by atoms with van der Waals surface area (Å²) in [6.07, 6.45) is 0.442. The Morgan fingerprint density at radius 3 is 2.41 bits per heavy atom. The molecule has 0 aliphatic carbocycles. The van der Waals surface area contributed by atoms with Crippen molar-refractivity contribution in [2.45, 2.75) is 37.7 Å². The van der Waals surface area contributed by atoms with Crippen LogP contribution in [0.15, 0.2) is 33.6 Å². The lowest BCUT2D eigenvalue weighted by molar-refractivity contribution is -0.154. The van der Waals surface area contributed by atoms with Gasteiger partial charge >= 0.3 is 5.97 Å². The molecule has 0 aromatic heterocycles. The molecule has 1 aromatic rings. The predicted octanol–water partition coefficient (Wildman–Crippen LogP) is 4.27. The van der Waals surface area contributed by atoms with E-state index in [4.69, 9.17) is 4.74 Å². The first-order valence-corrected chi connectivity index (χ1v) is 7.25. The maximum atomic E-state index is 11.5. The Kier molecular flexibility index (Phi) is 5.53. The zero-order chi connectivity index (χ0) is 12.9. The number of thioether (sulfide) groups is 1. The van der Waals surface area contributed by atoms with Crippen LogP contribution in [-0.4, -0.2) is 17.3 Å². The van der Waals surface area contributed by atoms with E-state index in [1.165, 1.54) is 0 Å². The molecule has 0 atom stereocenters. The fourth-order valence-corrected chi connectivity index (χ4v) is 2.27. The fourth-order valence-electron chi connectivity index (χ4n) is 1.18. The van der Waals surface area contributed by atoms with Gasteiger partial charge in [0.1, 0.15) is 5.60 Å². The van der Waals surface area contributed by atoms with Gasteiger partial charge in [-0.05, 0) is 45.0 Å². The SMILES string of the molecule is CC(C)(C)OC(=O)CCSc1ccc(Br)cc1. The van der Waals surface area contributed by atoms with Crippen molar-refractivity contribution in [2.75, 3.05) is 5.75 Å². The highest BCUT2D eigenvalue weighted by atomic mass is 79.9. The van der Waals surface area contributed by atoms with Gasteiger partial charge in [-0.25, -0.2) is 0 Å². The predicted molar refractivity (Wildman–Crippen MR) is 75.3 cm³/mol. The number of esters is 1. The minimum atomic E-state index is -0.390. The van der Waals surface area contributed by atoms with Crippen LogP contribution in [-0.2, 0) is 9.53 Å². The third kappa shape index (κ3) is 6.74. The van der Waals surface area contributed by atoms with Crippen molar-refractivity contribution in [3.63, 3.8) is 0 Å². The number of rotatable bonds is 4. The molecule has 0 heterocycles. The molecule has 17 heavy (non-hydrogen) atoms. The molecule has 0 saturated heterocycles. The molecule has 0 bridgehead atoms. The van der Waals surface area contributed by atoms with E-state index in [-0.39, 0.29) is 11.6 Å². The normalized spacial score (nSPS) is 11.3. The van der Waals surface area contributed by atoms with Gasteiger partial charge in [0.2, 0.25) is 0 Å². The monoisotopic (exact) mass is 316 g/mol. The van der Waals surface area contributed by atoms with E-state index in [1.807, 2.05) is 45.0 Å². The van der Waals surface area contributed by atoms with E-state index in [1.54, 1.807) is 11.8 Å². The van der Waals surface area contributed by atoms with Crippen LogP contribution in [0.4, 0.5) is 0 Å². The molecule has 2 nitrogen and oxygen atoms in total. The van der Waals surface area contributed by atoms with Gasteiger partial charge in [0.05, 0.1) is 6.42 Å². The number of halogens is 1. The summed E-state index contributed by atoms with van der Waals surface area (Å²) in [6, 6.07) is 8.05. The van der Waals surface area contributed by atoms with Crippen molar-refractivity contribution in [3.05, 3.63) is 28.7 Å². The zero-order valence-electron chi connectivity index (χ0n) is 10.3. The second-order valence-corrected chi connectivity index (χ2v) is 6.72. The van der Waals surface area contributed by atoms with Gasteiger partial charge < -0.3 is 4.74 Å². The van der Waals surface area contributed by atoms with Crippen LogP contribution in [0, 0.1) is 0 Å². The van der Waals surface area contributed by atoms with Crippen molar-refractivity contribution >= 4 is 33.7 Å². The number of ether oxygens (including phenoxy) is 1. The van der Waals surface area contributed by atoms with Crippen LogP contribution in [0.2, 0.25) is 0 Å². The van der Waals surface area contributed by atoms with Crippen LogP contribution in [0.3, 0.4) is 0 Å². The highest BCUT2D eigenvalue weighted by molar-refractivity contribution is 9.10.